The highest BCUT2D eigenvalue weighted by molar-refractivity contribution is 5.77. The number of likely N-dealkylation sites (N-methyl/N-ethyl adjacent to an activating group) is 1. The summed E-state index contributed by atoms with van der Waals surface area (Å²) in [6, 6.07) is 0. The van der Waals surface area contributed by atoms with Crippen molar-refractivity contribution < 1.29 is 23.8 Å². The topological polar surface area (TPSA) is 86.9 Å². The predicted octanol–water partition coefficient (Wildman–Crippen LogP) is 3.35. The Kier molecular flexibility index (Phi) is 8.13. The Morgan fingerprint density at radius 1 is 1.23 bits per heavy atom. The molecule has 3 unspecified atom stereocenters. The van der Waals surface area contributed by atoms with E-state index in [9.17, 15) is 9.59 Å². The van der Waals surface area contributed by atoms with E-state index in [2.05, 4.69) is 50.9 Å². The molecule has 0 bridgehead atoms. The molecule has 3 aliphatic heterocycles. The molecule has 198 valence electrons. The van der Waals surface area contributed by atoms with Crippen LogP contribution in [0.1, 0.15) is 66.7 Å². The summed E-state index contributed by atoms with van der Waals surface area (Å²) in [6.07, 6.45) is 6.04. The van der Waals surface area contributed by atoms with Crippen molar-refractivity contribution in [2.24, 2.45) is 11.8 Å². The Hall–Kier alpha value is -1.64. The fourth-order valence-corrected chi connectivity index (χ4v) is 5.97. The number of allylic oxidation sites excluding steroid dienone is 1. The lowest BCUT2D eigenvalue weighted by Gasteiger charge is -2.41. The smallest absolute Gasteiger partial charge is 0.410 e. The molecule has 3 heterocycles. The number of carbonyl (C=O) groups is 2. The number of nitrogens with zero attached hydrogens (tertiary/aromatic N) is 2. The molecule has 4 fully saturated rings. The molecule has 0 aromatic heterocycles. The quantitative estimate of drug-likeness (QED) is 0.352. The van der Waals surface area contributed by atoms with Gasteiger partial charge in [-0.05, 0) is 59.5 Å². The number of rotatable bonds is 11. The van der Waals surface area contributed by atoms with Crippen LogP contribution in [-0.2, 0) is 19.0 Å². The van der Waals surface area contributed by atoms with Crippen LogP contribution in [0.5, 0.6) is 0 Å². The van der Waals surface area contributed by atoms with Gasteiger partial charge in [-0.15, -0.1) is 0 Å². The molecule has 35 heavy (non-hydrogen) atoms. The van der Waals surface area contributed by atoms with E-state index in [1.165, 1.54) is 5.57 Å². The van der Waals surface area contributed by atoms with Gasteiger partial charge in [-0.1, -0.05) is 25.5 Å². The van der Waals surface area contributed by atoms with E-state index in [1.54, 1.807) is 4.90 Å². The molecule has 4 rings (SSSR count). The summed E-state index contributed by atoms with van der Waals surface area (Å²) in [5.41, 5.74) is 1.02. The number of epoxide rings is 2. The van der Waals surface area contributed by atoms with E-state index in [-0.39, 0.29) is 47.2 Å². The van der Waals surface area contributed by atoms with Gasteiger partial charge in [0.15, 0.2) is 0 Å². The summed E-state index contributed by atoms with van der Waals surface area (Å²) in [4.78, 5) is 29.0. The summed E-state index contributed by atoms with van der Waals surface area (Å²) < 4.78 is 18.1. The Balaban J connectivity index is 1.18. The summed E-state index contributed by atoms with van der Waals surface area (Å²) >= 11 is 0. The third-order valence-corrected chi connectivity index (χ3v) is 8.55. The fourth-order valence-electron chi connectivity index (χ4n) is 5.97. The average Bonchev–Trinajstić information content (AvgIpc) is 3.71. The molecule has 0 aromatic carbocycles. The number of nitrogens with one attached hydrogen (secondary N) is 1. The van der Waals surface area contributed by atoms with Gasteiger partial charge < -0.3 is 29.3 Å². The number of amides is 2. The van der Waals surface area contributed by atoms with Gasteiger partial charge in [0, 0.05) is 44.4 Å². The molecule has 2 amide bonds. The molecule has 1 saturated carbocycles. The van der Waals surface area contributed by atoms with Gasteiger partial charge in [-0.25, -0.2) is 4.79 Å². The third kappa shape index (κ3) is 6.20. The van der Waals surface area contributed by atoms with E-state index in [1.807, 2.05) is 0 Å². The van der Waals surface area contributed by atoms with Crippen molar-refractivity contribution in [2.75, 3.05) is 45.9 Å². The zero-order valence-corrected chi connectivity index (χ0v) is 22.3. The minimum atomic E-state index is -0.248. The molecule has 1 N–H and O–H groups in total. The van der Waals surface area contributed by atoms with Crippen LogP contribution in [0.25, 0.3) is 0 Å². The van der Waals surface area contributed by atoms with Crippen LogP contribution in [0.3, 0.4) is 0 Å². The van der Waals surface area contributed by atoms with Crippen LogP contribution in [0.4, 0.5) is 4.79 Å². The van der Waals surface area contributed by atoms with Crippen LogP contribution in [0.2, 0.25) is 0 Å². The zero-order valence-electron chi connectivity index (χ0n) is 22.3. The van der Waals surface area contributed by atoms with Gasteiger partial charge in [0.25, 0.3) is 0 Å². The molecular formula is C27H45N3O5. The van der Waals surface area contributed by atoms with E-state index < -0.39 is 0 Å². The molecule has 0 aromatic rings. The SMILES string of the molecule is CCN(CC)CCNC(=O)CC1CN(C(=O)OC2CCC3(CO3)C([C@@]3(C)O[C@@H]3CC=C(C)C)C2)C1. The van der Waals surface area contributed by atoms with E-state index >= 15 is 0 Å². The highest BCUT2D eigenvalue weighted by Gasteiger charge is 2.68. The van der Waals surface area contributed by atoms with Crippen molar-refractivity contribution in [1.29, 1.82) is 0 Å². The lowest BCUT2D eigenvalue weighted by atomic mass is 9.70. The standard InChI is InChI=1S/C27H45N3O5/c1-6-29(7-2)13-12-28-24(31)14-20-16-30(17-20)25(32)34-21-10-11-27(18-33-27)22(15-21)26(5)23(35-26)9-8-19(3)4/h8,20-23H,6-7,9-18H2,1-5H3,(H,28,31)/t21?,22?,23-,26-,27?/m1/s1. The second-order valence-electron chi connectivity index (χ2n) is 11.3. The minimum absolute atomic E-state index is 0.0698. The van der Waals surface area contributed by atoms with Gasteiger partial charge in [-0.2, -0.15) is 0 Å². The van der Waals surface area contributed by atoms with Crippen LogP contribution in [0, 0.1) is 11.8 Å². The maximum atomic E-state index is 12.8. The average molecular weight is 492 g/mol. The lowest BCUT2D eigenvalue weighted by molar-refractivity contribution is -0.123. The number of hydrogen-bond acceptors (Lipinski definition) is 6. The van der Waals surface area contributed by atoms with Crippen molar-refractivity contribution in [3.63, 3.8) is 0 Å². The number of hydrogen-bond donors (Lipinski definition) is 1. The van der Waals surface area contributed by atoms with Gasteiger partial charge >= 0.3 is 6.09 Å². The third-order valence-electron chi connectivity index (χ3n) is 8.55. The molecule has 8 heteroatoms. The Bertz CT molecular complexity index is 799. The van der Waals surface area contributed by atoms with Gasteiger partial charge in [0.2, 0.25) is 5.91 Å². The summed E-state index contributed by atoms with van der Waals surface area (Å²) in [5, 5.41) is 3.01. The predicted molar refractivity (Wildman–Crippen MR) is 134 cm³/mol. The van der Waals surface area contributed by atoms with Crippen molar-refractivity contribution >= 4 is 12.0 Å². The van der Waals surface area contributed by atoms with Crippen molar-refractivity contribution in [3.05, 3.63) is 11.6 Å². The molecule has 0 radical (unpaired) electrons. The Morgan fingerprint density at radius 2 is 1.94 bits per heavy atom. The molecule has 4 aliphatic rings. The molecule has 5 atom stereocenters. The summed E-state index contributed by atoms with van der Waals surface area (Å²) in [6.45, 7) is 16.2. The first-order chi connectivity index (χ1) is 16.7. The van der Waals surface area contributed by atoms with E-state index in [0.29, 0.717) is 26.1 Å². The molecule has 1 aliphatic carbocycles. The number of ether oxygens (including phenoxy) is 3. The fraction of sp³-hybridized carbons (Fsp3) is 0.852. The molecule has 1 spiro atoms. The van der Waals surface area contributed by atoms with E-state index in [4.69, 9.17) is 14.2 Å². The Labute approximate surface area is 210 Å². The summed E-state index contributed by atoms with van der Waals surface area (Å²) in [7, 11) is 0. The van der Waals surface area contributed by atoms with Crippen LogP contribution >= 0.6 is 0 Å². The normalized spacial score (nSPS) is 33.9. The van der Waals surface area contributed by atoms with Crippen molar-refractivity contribution in [2.45, 2.75) is 90.1 Å². The molecule has 8 nitrogen and oxygen atoms in total. The van der Waals surface area contributed by atoms with Gasteiger partial charge in [0.05, 0.1) is 23.9 Å². The first-order valence-electron chi connectivity index (χ1n) is 13.6. The maximum absolute atomic E-state index is 12.8. The second kappa shape index (κ2) is 10.8. The zero-order chi connectivity index (χ0) is 25.2. The second-order valence-corrected chi connectivity index (χ2v) is 11.3. The highest BCUT2D eigenvalue weighted by Crippen LogP contribution is 2.59. The monoisotopic (exact) mass is 491 g/mol. The van der Waals surface area contributed by atoms with Crippen LogP contribution < -0.4 is 5.32 Å². The lowest BCUT2D eigenvalue weighted by Crippen LogP contribution is -2.53. The van der Waals surface area contributed by atoms with Gasteiger partial charge in [-0.3, -0.25) is 4.79 Å². The van der Waals surface area contributed by atoms with Gasteiger partial charge in [0.1, 0.15) is 6.10 Å². The van der Waals surface area contributed by atoms with Crippen LogP contribution in [0.15, 0.2) is 11.6 Å². The van der Waals surface area contributed by atoms with Crippen molar-refractivity contribution in [1.82, 2.24) is 15.1 Å². The number of carbonyl (C=O) groups excluding carboxylic acids is 2. The van der Waals surface area contributed by atoms with Crippen molar-refractivity contribution in [3.8, 4) is 0 Å². The molecular weight excluding hydrogens is 446 g/mol. The highest BCUT2D eigenvalue weighted by atomic mass is 16.6. The first-order valence-corrected chi connectivity index (χ1v) is 13.6. The maximum Gasteiger partial charge on any atom is 0.410 e. The van der Waals surface area contributed by atoms with Crippen LogP contribution in [-0.4, -0.2) is 91.1 Å². The van der Waals surface area contributed by atoms with E-state index in [0.717, 1.165) is 51.9 Å². The first kappa shape index (κ1) is 26.4. The minimum Gasteiger partial charge on any atom is -0.446 e. The largest absolute Gasteiger partial charge is 0.446 e. The summed E-state index contributed by atoms with van der Waals surface area (Å²) in [5.74, 6) is 0.537. The Morgan fingerprint density at radius 3 is 2.57 bits per heavy atom. The molecule has 3 saturated heterocycles. The number of likely N-dealkylation sites (tertiary alicyclic amines) is 1.